The molecule has 1 saturated heterocycles. The van der Waals surface area contributed by atoms with Gasteiger partial charge in [-0.3, -0.25) is 9.59 Å². The van der Waals surface area contributed by atoms with Gasteiger partial charge in [0.1, 0.15) is 5.75 Å². The van der Waals surface area contributed by atoms with Gasteiger partial charge in [-0.25, -0.2) is 8.42 Å². The lowest BCUT2D eigenvalue weighted by atomic mass is 9.96. The van der Waals surface area contributed by atoms with Crippen molar-refractivity contribution in [3.8, 4) is 5.75 Å². The highest BCUT2D eigenvalue weighted by atomic mass is 32.2. The molecule has 12 heteroatoms. The van der Waals surface area contributed by atoms with Crippen molar-refractivity contribution in [3.05, 3.63) is 24.3 Å². The molecule has 0 saturated carbocycles. The van der Waals surface area contributed by atoms with Crippen molar-refractivity contribution < 1.29 is 35.9 Å². The van der Waals surface area contributed by atoms with Gasteiger partial charge in [0, 0.05) is 31.6 Å². The van der Waals surface area contributed by atoms with Gasteiger partial charge >= 0.3 is 6.36 Å². The van der Waals surface area contributed by atoms with Crippen molar-refractivity contribution in [2.45, 2.75) is 32.0 Å². The Kier molecular flexibility index (Phi) is 7.02. The van der Waals surface area contributed by atoms with Crippen molar-refractivity contribution in [1.82, 2.24) is 14.5 Å². The van der Waals surface area contributed by atoms with Crippen molar-refractivity contribution in [2.24, 2.45) is 5.41 Å². The first-order valence-electron chi connectivity index (χ1n) is 9.12. The fraction of sp³-hybridized carbons (Fsp3) is 0.556. The van der Waals surface area contributed by atoms with Crippen LogP contribution >= 0.6 is 0 Å². The summed E-state index contributed by atoms with van der Waals surface area (Å²) in [6.07, 6.45) is -4.87. The van der Waals surface area contributed by atoms with Gasteiger partial charge in [0.2, 0.25) is 21.8 Å². The van der Waals surface area contributed by atoms with Gasteiger partial charge in [-0.15, -0.1) is 13.2 Å². The molecular weight excluding hydrogens is 427 g/mol. The molecule has 1 fully saturated rings. The Morgan fingerprint density at radius 2 is 1.57 bits per heavy atom. The lowest BCUT2D eigenvalue weighted by Crippen LogP contribution is -2.53. The number of nitrogens with one attached hydrogen (secondary N) is 1. The third-order valence-electron chi connectivity index (χ3n) is 4.37. The molecular formula is C18H24F3N3O5S. The van der Waals surface area contributed by atoms with Crippen molar-refractivity contribution in [1.29, 1.82) is 0 Å². The summed E-state index contributed by atoms with van der Waals surface area (Å²) in [5, 5.41) is 2.55. The number of carbonyl (C=O) groups excluding carboxylic acids is 2. The number of sulfonamides is 1. The van der Waals surface area contributed by atoms with Crippen LogP contribution in [0.3, 0.4) is 0 Å². The van der Waals surface area contributed by atoms with Gasteiger partial charge in [0.25, 0.3) is 0 Å². The SMILES string of the molecule is CC(C)(C)C(=O)NCC(=O)N1CCN(S(=O)(=O)c2ccc(OC(F)(F)F)cc2)CC1. The van der Waals surface area contributed by atoms with E-state index in [2.05, 4.69) is 10.1 Å². The molecule has 0 aliphatic carbocycles. The molecule has 1 heterocycles. The maximum atomic E-state index is 12.7. The molecule has 0 radical (unpaired) electrons. The maximum absolute atomic E-state index is 12.7. The first-order chi connectivity index (χ1) is 13.7. The number of hydrogen-bond donors (Lipinski definition) is 1. The Morgan fingerprint density at radius 1 is 1.03 bits per heavy atom. The van der Waals surface area contributed by atoms with Crippen LogP contribution in [0.4, 0.5) is 13.2 Å². The Balaban J connectivity index is 1.93. The number of benzene rings is 1. The van der Waals surface area contributed by atoms with E-state index in [0.717, 1.165) is 28.6 Å². The van der Waals surface area contributed by atoms with Crippen LogP contribution in [0, 0.1) is 5.41 Å². The van der Waals surface area contributed by atoms with Crippen LogP contribution in [-0.4, -0.2) is 68.5 Å². The van der Waals surface area contributed by atoms with E-state index in [-0.39, 0.29) is 49.4 Å². The fourth-order valence-corrected chi connectivity index (χ4v) is 4.10. The first-order valence-corrected chi connectivity index (χ1v) is 10.6. The number of piperazine rings is 1. The van der Waals surface area contributed by atoms with Crippen LogP contribution in [0.5, 0.6) is 5.75 Å². The number of alkyl halides is 3. The summed E-state index contributed by atoms with van der Waals surface area (Å²) < 4.78 is 66.9. The highest BCUT2D eigenvalue weighted by molar-refractivity contribution is 7.89. The molecule has 2 rings (SSSR count). The van der Waals surface area contributed by atoms with E-state index in [4.69, 9.17) is 0 Å². The minimum Gasteiger partial charge on any atom is -0.406 e. The highest BCUT2D eigenvalue weighted by Crippen LogP contribution is 2.25. The molecule has 1 aromatic carbocycles. The second kappa shape index (κ2) is 8.80. The Labute approximate surface area is 173 Å². The number of rotatable bonds is 5. The minimum atomic E-state index is -4.87. The lowest BCUT2D eigenvalue weighted by Gasteiger charge is -2.34. The smallest absolute Gasteiger partial charge is 0.406 e. The standard InChI is InChI=1S/C18H24F3N3O5S/c1-17(2,3)16(26)22-12-15(25)23-8-10-24(11-9-23)30(27,28)14-6-4-13(5-7-14)29-18(19,20)21/h4-7H,8-12H2,1-3H3,(H,22,26). The third-order valence-corrected chi connectivity index (χ3v) is 6.28. The molecule has 2 amide bonds. The van der Waals surface area contributed by atoms with Crippen molar-refractivity contribution in [3.63, 3.8) is 0 Å². The largest absolute Gasteiger partial charge is 0.573 e. The van der Waals surface area contributed by atoms with E-state index in [9.17, 15) is 31.2 Å². The maximum Gasteiger partial charge on any atom is 0.573 e. The molecule has 8 nitrogen and oxygen atoms in total. The predicted molar refractivity (Wildman–Crippen MR) is 101 cm³/mol. The molecule has 168 valence electrons. The quantitative estimate of drug-likeness (QED) is 0.734. The second-order valence-corrected chi connectivity index (χ2v) is 9.67. The van der Waals surface area contributed by atoms with Gasteiger partial charge in [-0.2, -0.15) is 4.31 Å². The van der Waals surface area contributed by atoms with E-state index < -0.39 is 27.6 Å². The number of nitrogens with zero attached hydrogens (tertiary/aromatic N) is 2. The van der Waals surface area contributed by atoms with Crippen LogP contribution in [0.1, 0.15) is 20.8 Å². The number of amides is 2. The lowest BCUT2D eigenvalue weighted by molar-refractivity contribution is -0.274. The average molecular weight is 451 g/mol. The molecule has 0 bridgehead atoms. The Morgan fingerprint density at radius 3 is 2.03 bits per heavy atom. The molecule has 1 aromatic rings. The van der Waals surface area contributed by atoms with E-state index in [1.807, 2.05) is 0 Å². The zero-order chi connectivity index (χ0) is 22.7. The van der Waals surface area contributed by atoms with Crippen LogP contribution in [0.15, 0.2) is 29.2 Å². The van der Waals surface area contributed by atoms with E-state index in [0.29, 0.717) is 0 Å². The number of ether oxygens (including phenoxy) is 1. The topological polar surface area (TPSA) is 96.0 Å². The van der Waals surface area contributed by atoms with Crippen molar-refractivity contribution >= 4 is 21.8 Å². The van der Waals surface area contributed by atoms with E-state index >= 15 is 0 Å². The zero-order valence-corrected chi connectivity index (χ0v) is 17.6. The molecule has 1 aliphatic rings. The summed E-state index contributed by atoms with van der Waals surface area (Å²) in [4.78, 5) is 25.4. The van der Waals surface area contributed by atoms with Gasteiger partial charge in [-0.05, 0) is 24.3 Å². The van der Waals surface area contributed by atoms with Gasteiger partial charge in [-0.1, -0.05) is 20.8 Å². The number of hydrogen-bond acceptors (Lipinski definition) is 5. The molecule has 1 N–H and O–H groups in total. The third kappa shape index (κ3) is 6.33. The summed E-state index contributed by atoms with van der Waals surface area (Å²) in [6, 6.07) is 3.93. The Bertz CT molecular complexity index is 872. The first kappa shape index (κ1) is 23.9. The number of halogens is 3. The van der Waals surface area contributed by atoms with Gasteiger partial charge in [0.15, 0.2) is 0 Å². The summed E-state index contributed by atoms with van der Waals surface area (Å²) in [5.41, 5.74) is -0.631. The molecule has 0 spiro atoms. The average Bonchev–Trinajstić information content (AvgIpc) is 2.64. The minimum absolute atomic E-state index is 0.0299. The van der Waals surface area contributed by atoms with Gasteiger partial charge in [0.05, 0.1) is 11.4 Å². The van der Waals surface area contributed by atoms with E-state index in [1.165, 1.54) is 4.90 Å². The van der Waals surface area contributed by atoms with Crippen molar-refractivity contribution in [2.75, 3.05) is 32.7 Å². The van der Waals surface area contributed by atoms with Gasteiger partial charge < -0.3 is 15.0 Å². The van der Waals surface area contributed by atoms with Crippen LogP contribution in [0.2, 0.25) is 0 Å². The van der Waals surface area contributed by atoms with Crippen LogP contribution in [-0.2, 0) is 19.6 Å². The summed E-state index contributed by atoms with van der Waals surface area (Å²) in [6.45, 7) is 5.32. The summed E-state index contributed by atoms with van der Waals surface area (Å²) >= 11 is 0. The summed E-state index contributed by atoms with van der Waals surface area (Å²) in [5.74, 6) is -1.11. The van der Waals surface area contributed by atoms with E-state index in [1.54, 1.807) is 20.8 Å². The van der Waals surface area contributed by atoms with Crippen LogP contribution < -0.4 is 10.1 Å². The number of carbonyl (C=O) groups is 2. The molecule has 0 aromatic heterocycles. The monoisotopic (exact) mass is 451 g/mol. The normalized spacial score (nSPS) is 16.3. The zero-order valence-electron chi connectivity index (χ0n) is 16.8. The summed E-state index contributed by atoms with van der Waals surface area (Å²) in [7, 11) is -3.93. The molecule has 0 unspecified atom stereocenters. The highest BCUT2D eigenvalue weighted by Gasteiger charge is 2.33. The molecule has 0 atom stereocenters. The molecule has 30 heavy (non-hydrogen) atoms. The van der Waals surface area contributed by atoms with Crippen LogP contribution in [0.25, 0.3) is 0 Å². The predicted octanol–water partition coefficient (Wildman–Crippen LogP) is 1.58. The Hall–Kier alpha value is -2.34. The molecule has 1 aliphatic heterocycles. The second-order valence-electron chi connectivity index (χ2n) is 7.74. The fourth-order valence-electron chi connectivity index (χ4n) is 2.67.